The highest BCUT2D eigenvalue weighted by atomic mass is 16.5. The number of barbiturate groups is 1. The number of amides is 4. The van der Waals surface area contributed by atoms with Gasteiger partial charge < -0.3 is 14.2 Å². The summed E-state index contributed by atoms with van der Waals surface area (Å²) in [5.74, 6) is 0.0706. The fourth-order valence-electron chi connectivity index (χ4n) is 3.49. The van der Waals surface area contributed by atoms with Crippen LogP contribution in [-0.2, 0) is 20.9 Å². The molecule has 8 nitrogen and oxygen atoms in total. The maximum absolute atomic E-state index is 12.9. The Morgan fingerprint density at radius 1 is 0.694 bits per heavy atom. The summed E-state index contributed by atoms with van der Waals surface area (Å²) in [5.41, 5.74) is 1.30. The van der Waals surface area contributed by atoms with Crippen molar-refractivity contribution in [3.05, 3.63) is 102 Å². The number of rotatable bonds is 11. The predicted octanol–water partition coefficient (Wildman–Crippen LogP) is 3.82. The fourth-order valence-corrected chi connectivity index (χ4v) is 3.49. The van der Waals surface area contributed by atoms with Gasteiger partial charge in [-0.25, -0.2) is 4.79 Å². The Bertz CT molecular complexity index is 1210. The van der Waals surface area contributed by atoms with E-state index in [0.29, 0.717) is 37.7 Å². The molecule has 1 heterocycles. The van der Waals surface area contributed by atoms with E-state index in [9.17, 15) is 14.4 Å². The van der Waals surface area contributed by atoms with Gasteiger partial charge in [-0.1, -0.05) is 60.7 Å². The van der Waals surface area contributed by atoms with Gasteiger partial charge in [0.15, 0.2) is 0 Å². The molecule has 0 aromatic heterocycles. The first-order chi connectivity index (χ1) is 17.6. The summed E-state index contributed by atoms with van der Waals surface area (Å²) in [6, 6.07) is 24.8. The number of para-hydroxylation sites is 1. The van der Waals surface area contributed by atoms with Crippen LogP contribution >= 0.6 is 0 Å². The summed E-state index contributed by atoms with van der Waals surface area (Å²) in [6.07, 6.45) is 1.46. The van der Waals surface area contributed by atoms with Crippen molar-refractivity contribution in [3.8, 4) is 11.5 Å². The third kappa shape index (κ3) is 6.80. The molecule has 4 rings (SSSR count). The van der Waals surface area contributed by atoms with E-state index in [-0.39, 0.29) is 12.1 Å². The van der Waals surface area contributed by atoms with Crippen molar-refractivity contribution in [1.29, 1.82) is 0 Å². The molecule has 0 aliphatic carbocycles. The van der Waals surface area contributed by atoms with Crippen LogP contribution in [0.1, 0.15) is 11.1 Å². The molecule has 0 spiro atoms. The van der Waals surface area contributed by atoms with Crippen LogP contribution in [0, 0.1) is 0 Å². The molecular weight excluding hydrogens is 460 g/mol. The standard InChI is InChI=1S/C28H26N2O6/c31-26-25(27(32)30(28(33)29-26)20-22-7-3-1-4-8-22)19-21-11-13-24(14-12-21)36-18-16-34-15-17-35-23-9-5-2-6-10-23/h1-14,19H,15-18,20H2,(H,29,31,33). The second-order valence-electron chi connectivity index (χ2n) is 7.89. The highest BCUT2D eigenvalue weighted by molar-refractivity contribution is 6.30. The van der Waals surface area contributed by atoms with Crippen LogP contribution in [-0.4, -0.2) is 49.2 Å². The Morgan fingerprint density at radius 3 is 1.92 bits per heavy atom. The van der Waals surface area contributed by atoms with Crippen molar-refractivity contribution in [2.24, 2.45) is 0 Å². The number of nitrogens with one attached hydrogen (secondary N) is 1. The van der Waals surface area contributed by atoms with Crippen molar-refractivity contribution in [2.45, 2.75) is 6.54 Å². The molecule has 1 aliphatic heterocycles. The molecule has 8 heteroatoms. The molecule has 0 radical (unpaired) electrons. The van der Waals surface area contributed by atoms with Gasteiger partial charge in [-0.3, -0.25) is 19.8 Å². The Morgan fingerprint density at radius 2 is 1.28 bits per heavy atom. The van der Waals surface area contributed by atoms with Crippen LogP contribution < -0.4 is 14.8 Å². The molecule has 0 bridgehead atoms. The summed E-state index contributed by atoms with van der Waals surface area (Å²) in [5, 5.41) is 2.23. The summed E-state index contributed by atoms with van der Waals surface area (Å²) in [6.45, 7) is 1.75. The quantitative estimate of drug-likeness (QED) is 0.252. The third-order valence-corrected chi connectivity index (χ3v) is 5.30. The van der Waals surface area contributed by atoms with E-state index in [2.05, 4.69) is 5.32 Å². The molecule has 0 saturated carbocycles. The molecule has 36 heavy (non-hydrogen) atoms. The number of imide groups is 2. The van der Waals surface area contributed by atoms with Gasteiger partial charge in [-0.05, 0) is 41.5 Å². The summed E-state index contributed by atoms with van der Waals surface area (Å²) in [7, 11) is 0. The highest BCUT2D eigenvalue weighted by Crippen LogP contribution is 2.19. The van der Waals surface area contributed by atoms with Crippen molar-refractivity contribution >= 4 is 23.9 Å². The van der Waals surface area contributed by atoms with Gasteiger partial charge in [0.25, 0.3) is 11.8 Å². The van der Waals surface area contributed by atoms with Crippen molar-refractivity contribution in [1.82, 2.24) is 10.2 Å². The van der Waals surface area contributed by atoms with E-state index >= 15 is 0 Å². The summed E-state index contributed by atoms with van der Waals surface area (Å²) >= 11 is 0. The minimum Gasteiger partial charge on any atom is -0.491 e. The number of benzene rings is 3. The van der Waals surface area contributed by atoms with E-state index in [4.69, 9.17) is 14.2 Å². The normalized spacial score (nSPS) is 14.6. The lowest BCUT2D eigenvalue weighted by molar-refractivity contribution is -0.130. The molecule has 0 unspecified atom stereocenters. The predicted molar refractivity (Wildman–Crippen MR) is 133 cm³/mol. The van der Waals surface area contributed by atoms with E-state index in [1.165, 1.54) is 6.08 Å². The molecule has 184 valence electrons. The monoisotopic (exact) mass is 486 g/mol. The van der Waals surface area contributed by atoms with Crippen LogP contribution in [0.15, 0.2) is 90.5 Å². The average Bonchev–Trinajstić information content (AvgIpc) is 2.90. The molecule has 4 amide bonds. The maximum atomic E-state index is 12.9. The van der Waals surface area contributed by atoms with Crippen molar-refractivity contribution in [3.63, 3.8) is 0 Å². The number of hydrogen-bond acceptors (Lipinski definition) is 6. The topological polar surface area (TPSA) is 94.2 Å². The van der Waals surface area contributed by atoms with Crippen molar-refractivity contribution < 1.29 is 28.6 Å². The Kier molecular flexibility index (Phi) is 8.45. The molecule has 1 fully saturated rings. The minimum atomic E-state index is -0.733. The smallest absolute Gasteiger partial charge is 0.331 e. The van der Waals surface area contributed by atoms with Gasteiger partial charge in [-0.15, -0.1) is 0 Å². The van der Waals surface area contributed by atoms with Gasteiger partial charge in [0.05, 0.1) is 19.8 Å². The lowest BCUT2D eigenvalue weighted by Gasteiger charge is -2.26. The molecule has 1 saturated heterocycles. The van der Waals surface area contributed by atoms with Gasteiger partial charge >= 0.3 is 6.03 Å². The zero-order chi connectivity index (χ0) is 25.2. The Labute approximate surface area is 209 Å². The lowest BCUT2D eigenvalue weighted by atomic mass is 10.1. The van der Waals surface area contributed by atoms with Crippen molar-refractivity contribution in [2.75, 3.05) is 26.4 Å². The first-order valence-corrected chi connectivity index (χ1v) is 11.5. The summed E-state index contributed by atoms with van der Waals surface area (Å²) < 4.78 is 16.7. The van der Waals surface area contributed by atoms with Crippen LogP contribution in [0.2, 0.25) is 0 Å². The molecule has 0 atom stereocenters. The molecule has 1 N–H and O–H groups in total. The van der Waals surface area contributed by atoms with E-state index in [1.54, 1.807) is 24.3 Å². The molecule has 3 aromatic carbocycles. The fraction of sp³-hybridized carbons (Fsp3) is 0.179. The number of ether oxygens (including phenoxy) is 3. The van der Waals surface area contributed by atoms with E-state index < -0.39 is 17.8 Å². The maximum Gasteiger partial charge on any atom is 0.331 e. The van der Waals surface area contributed by atoms with Gasteiger partial charge in [0, 0.05) is 0 Å². The molecular formula is C28H26N2O6. The van der Waals surface area contributed by atoms with E-state index in [1.807, 2.05) is 60.7 Å². The molecule has 3 aromatic rings. The lowest BCUT2D eigenvalue weighted by Crippen LogP contribution is -2.53. The van der Waals surface area contributed by atoms with Crippen LogP contribution in [0.3, 0.4) is 0 Å². The average molecular weight is 487 g/mol. The number of carbonyl (C=O) groups excluding carboxylic acids is 3. The third-order valence-electron chi connectivity index (χ3n) is 5.30. The first kappa shape index (κ1) is 24.7. The zero-order valence-electron chi connectivity index (χ0n) is 19.6. The van der Waals surface area contributed by atoms with Gasteiger partial charge in [-0.2, -0.15) is 0 Å². The number of nitrogens with zero attached hydrogens (tertiary/aromatic N) is 1. The summed E-state index contributed by atoms with van der Waals surface area (Å²) in [4.78, 5) is 38.4. The van der Waals surface area contributed by atoms with E-state index in [0.717, 1.165) is 16.2 Å². The Hall–Kier alpha value is -4.43. The van der Waals surface area contributed by atoms with Crippen LogP contribution in [0.4, 0.5) is 4.79 Å². The number of carbonyl (C=O) groups is 3. The zero-order valence-corrected chi connectivity index (χ0v) is 19.6. The number of hydrogen-bond donors (Lipinski definition) is 1. The molecule has 1 aliphatic rings. The number of urea groups is 1. The van der Waals surface area contributed by atoms with Crippen LogP contribution in [0.5, 0.6) is 11.5 Å². The Balaban J connectivity index is 1.25. The second-order valence-corrected chi connectivity index (χ2v) is 7.89. The van der Waals surface area contributed by atoms with Crippen LogP contribution in [0.25, 0.3) is 6.08 Å². The SMILES string of the molecule is O=C1NC(=O)N(Cc2ccccc2)C(=O)C1=Cc1ccc(OCCOCCOc2ccccc2)cc1. The highest BCUT2D eigenvalue weighted by Gasteiger charge is 2.35. The van der Waals surface area contributed by atoms with Gasteiger partial charge in [0.2, 0.25) is 0 Å². The largest absolute Gasteiger partial charge is 0.491 e. The minimum absolute atomic E-state index is 0.0728. The van der Waals surface area contributed by atoms with Gasteiger partial charge in [0.1, 0.15) is 30.3 Å². The second kappa shape index (κ2) is 12.3. The first-order valence-electron chi connectivity index (χ1n) is 11.5.